The Labute approximate surface area is 217 Å². The molecule has 1 saturated carbocycles. The van der Waals surface area contributed by atoms with Crippen LogP contribution in [-0.2, 0) is 18.4 Å². The van der Waals surface area contributed by atoms with Crippen molar-refractivity contribution in [2.24, 2.45) is 12.5 Å². The zero-order valence-electron chi connectivity index (χ0n) is 21.1. The van der Waals surface area contributed by atoms with Gasteiger partial charge in [-0.3, -0.25) is 4.79 Å². The van der Waals surface area contributed by atoms with Gasteiger partial charge >= 0.3 is 0 Å². The second-order valence-corrected chi connectivity index (χ2v) is 9.80. The summed E-state index contributed by atoms with van der Waals surface area (Å²) in [5.74, 6) is -0.817. The standard InChI is InChI=1S/C27H27ClFN3O2.C2H6/c1-32-17-30-24(25(32)26(33)31-20-7-8-23(29)22(28)13-20)19-9-11-27(12-10-19)14-21(15-27)34-16-18-5-3-2-4-6-18;1-2/h2-9,13,17,21H,10-12,14-16H2,1H3,(H,31,33);1-2H3. The van der Waals surface area contributed by atoms with Crippen molar-refractivity contribution in [2.75, 3.05) is 5.32 Å². The highest BCUT2D eigenvalue weighted by Crippen LogP contribution is 2.53. The molecule has 36 heavy (non-hydrogen) atoms. The molecule has 5 rings (SSSR count). The van der Waals surface area contributed by atoms with E-state index in [-0.39, 0.29) is 10.9 Å². The van der Waals surface area contributed by atoms with Crippen molar-refractivity contribution in [1.82, 2.24) is 9.55 Å². The first-order chi connectivity index (χ1) is 17.4. The molecule has 1 heterocycles. The highest BCUT2D eigenvalue weighted by atomic mass is 35.5. The van der Waals surface area contributed by atoms with Gasteiger partial charge in [-0.2, -0.15) is 0 Å². The molecule has 1 aromatic heterocycles. The Morgan fingerprint density at radius 3 is 2.64 bits per heavy atom. The van der Waals surface area contributed by atoms with E-state index in [9.17, 15) is 9.18 Å². The third-order valence-electron chi connectivity index (χ3n) is 6.99. The van der Waals surface area contributed by atoms with E-state index in [1.807, 2.05) is 32.0 Å². The van der Waals surface area contributed by atoms with Crippen LogP contribution >= 0.6 is 11.6 Å². The molecule has 5 nitrogen and oxygen atoms in total. The largest absolute Gasteiger partial charge is 0.374 e. The number of hydrogen-bond donors (Lipinski definition) is 1. The number of nitrogens with one attached hydrogen (secondary N) is 1. The van der Waals surface area contributed by atoms with Crippen LogP contribution < -0.4 is 5.32 Å². The summed E-state index contributed by atoms with van der Waals surface area (Å²) < 4.78 is 21.3. The first-order valence-corrected chi connectivity index (χ1v) is 12.9. The van der Waals surface area contributed by atoms with Crippen molar-refractivity contribution >= 4 is 28.8 Å². The van der Waals surface area contributed by atoms with Crippen LogP contribution in [0.2, 0.25) is 5.02 Å². The fourth-order valence-corrected chi connectivity index (χ4v) is 5.22. The molecular weight excluding hydrogens is 477 g/mol. The van der Waals surface area contributed by atoms with Gasteiger partial charge < -0.3 is 14.6 Å². The number of rotatable bonds is 6. The van der Waals surface area contributed by atoms with Gasteiger partial charge in [-0.25, -0.2) is 9.37 Å². The van der Waals surface area contributed by atoms with Gasteiger partial charge in [0.25, 0.3) is 5.91 Å². The number of carbonyl (C=O) groups is 1. The van der Waals surface area contributed by atoms with Crippen molar-refractivity contribution in [3.63, 3.8) is 0 Å². The van der Waals surface area contributed by atoms with Crippen LogP contribution in [0.15, 0.2) is 60.9 Å². The predicted octanol–water partition coefficient (Wildman–Crippen LogP) is 7.42. The van der Waals surface area contributed by atoms with Crippen LogP contribution in [0.1, 0.15) is 67.7 Å². The molecule has 3 aromatic rings. The number of hydrogen-bond acceptors (Lipinski definition) is 3. The monoisotopic (exact) mass is 509 g/mol. The highest BCUT2D eigenvalue weighted by Gasteiger charge is 2.45. The molecule has 1 spiro atoms. The van der Waals surface area contributed by atoms with Gasteiger partial charge in [-0.1, -0.05) is 61.9 Å². The van der Waals surface area contributed by atoms with Gasteiger partial charge in [0, 0.05) is 12.7 Å². The first-order valence-electron chi connectivity index (χ1n) is 12.6. The molecule has 2 aromatic carbocycles. The van der Waals surface area contributed by atoms with E-state index in [2.05, 4.69) is 28.5 Å². The molecule has 0 aliphatic heterocycles. The molecule has 0 radical (unpaired) electrons. The summed E-state index contributed by atoms with van der Waals surface area (Å²) in [4.78, 5) is 17.6. The molecular formula is C29H33ClFN3O2. The summed E-state index contributed by atoms with van der Waals surface area (Å²) in [6.07, 6.45) is 9.27. The topological polar surface area (TPSA) is 56.2 Å². The number of ether oxygens (including phenoxy) is 1. The number of allylic oxidation sites excluding steroid dienone is 2. The van der Waals surface area contributed by atoms with Crippen LogP contribution in [0.4, 0.5) is 10.1 Å². The Hall–Kier alpha value is -2.96. The smallest absolute Gasteiger partial charge is 0.274 e. The third kappa shape index (κ3) is 5.71. The summed E-state index contributed by atoms with van der Waals surface area (Å²) in [6, 6.07) is 14.4. The Morgan fingerprint density at radius 2 is 1.97 bits per heavy atom. The van der Waals surface area contributed by atoms with Crippen molar-refractivity contribution in [3.05, 3.63) is 88.7 Å². The number of anilines is 1. The van der Waals surface area contributed by atoms with Crippen molar-refractivity contribution < 1.29 is 13.9 Å². The number of halogens is 2. The molecule has 7 heteroatoms. The first kappa shape index (κ1) is 26.1. The maximum absolute atomic E-state index is 13.4. The molecule has 190 valence electrons. The lowest BCUT2D eigenvalue weighted by molar-refractivity contribution is -0.0916. The van der Waals surface area contributed by atoms with Crippen LogP contribution in [0.5, 0.6) is 0 Å². The van der Waals surface area contributed by atoms with Gasteiger partial charge in [0.15, 0.2) is 0 Å². The number of carbonyl (C=O) groups excluding carboxylic acids is 1. The summed E-state index contributed by atoms with van der Waals surface area (Å²) in [7, 11) is 1.80. The number of amides is 1. The molecule has 0 saturated heterocycles. The van der Waals surface area contributed by atoms with Gasteiger partial charge in [-0.05, 0) is 66.9 Å². The van der Waals surface area contributed by atoms with Gasteiger partial charge in [0.1, 0.15) is 11.5 Å². The Kier molecular flexibility index (Phi) is 8.27. The second-order valence-electron chi connectivity index (χ2n) is 9.40. The zero-order chi connectivity index (χ0) is 25.7. The fourth-order valence-electron chi connectivity index (χ4n) is 5.04. The normalized spacial score (nSPS) is 20.7. The van der Waals surface area contributed by atoms with Crippen molar-refractivity contribution in [1.29, 1.82) is 0 Å². The fraction of sp³-hybridized carbons (Fsp3) is 0.379. The highest BCUT2D eigenvalue weighted by molar-refractivity contribution is 6.31. The minimum absolute atomic E-state index is 0.0325. The number of imidazole rings is 1. The van der Waals surface area contributed by atoms with E-state index in [1.165, 1.54) is 23.8 Å². The minimum atomic E-state index is -0.522. The Morgan fingerprint density at radius 1 is 1.22 bits per heavy atom. The average Bonchev–Trinajstić information content (AvgIpc) is 3.27. The maximum Gasteiger partial charge on any atom is 0.274 e. The van der Waals surface area contributed by atoms with Crippen LogP contribution in [0, 0.1) is 11.2 Å². The summed E-state index contributed by atoms with van der Waals surface area (Å²) in [6.45, 7) is 4.66. The lowest BCUT2D eigenvalue weighted by Gasteiger charge is -2.49. The van der Waals surface area contributed by atoms with E-state index >= 15 is 0 Å². The molecule has 0 atom stereocenters. The quantitative estimate of drug-likeness (QED) is 0.376. The average molecular weight is 510 g/mol. The number of benzene rings is 2. The molecule has 0 unspecified atom stereocenters. The van der Waals surface area contributed by atoms with Gasteiger partial charge in [-0.15, -0.1) is 0 Å². The second kappa shape index (κ2) is 11.4. The molecule has 1 amide bonds. The minimum Gasteiger partial charge on any atom is -0.374 e. The molecule has 2 aliphatic rings. The summed E-state index contributed by atoms with van der Waals surface area (Å²) >= 11 is 5.85. The Bertz CT molecular complexity index is 1230. The number of aryl methyl sites for hydroxylation is 1. The van der Waals surface area contributed by atoms with Gasteiger partial charge in [0.2, 0.25) is 0 Å². The lowest BCUT2D eigenvalue weighted by atomic mass is 9.60. The van der Waals surface area contributed by atoms with E-state index in [0.29, 0.717) is 35.2 Å². The molecule has 2 aliphatic carbocycles. The van der Waals surface area contributed by atoms with E-state index in [0.717, 1.165) is 37.7 Å². The Balaban J connectivity index is 0.00000148. The zero-order valence-corrected chi connectivity index (χ0v) is 21.8. The summed E-state index contributed by atoms with van der Waals surface area (Å²) in [5.41, 5.74) is 4.24. The van der Waals surface area contributed by atoms with Crippen LogP contribution in [0.25, 0.3) is 5.57 Å². The molecule has 1 N–H and O–H groups in total. The summed E-state index contributed by atoms with van der Waals surface area (Å²) in [5, 5.41) is 2.78. The van der Waals surface area contributed by atoms with Crippen molar-refractivity contribution in [2.45, 2.75) is 58.7 Å². The molecule has 0 bridgehead atoms. The number of nitrogens with zero attached hydrogens (tertiary/aromatic N) is 2. The van der Waals surface area contributed by atoms with E-state index < -0.39 is 5.82 Å². The third-order valence-corrected chi connectivity index (χ3v) is 7.28. The maximum atomic E-state index is 13.4. The lowest BCUT2D eigenvalue weighted by Crippen LogP contribution is -2.43. The van der Waals surface area contributed by atoms with E-state index in [1.54, 1.807) is 17.9 Å². The molecule has 1 fully saturated rings. The number of aromatic nitrogens is 2. The van der Waals surface area contributed by atoms with Crippen molar-refractivity contribution in [3.8, 4) is 0 Å². The predicted molar refractivity (Wildman–Crippen MR) is 142 cm³/mol. The van der Waals surface area contributed by atoms with E-state index in [4.69, 9.17) is 16.3 Å². The van der Waals surface area contributed by atoms with Crippen LogP contribution in [0.3, 0.4) is 0 Å². The SMILES string of the molecule is CC.Cn1cnc(C2=CCC3(CC2)CC(OCc2ccccc2)C3)c1C(=O)Nc1ccc(F)c(Cl)c1. The van der Waals surface area contributed by atoms with Gasteiger partial charge in [0.05, 0.1) is 29.8 Å². The van der Waals surface area contributed by atoms with Crippen LogP contribution in [-0.4, -0.2) is 21.6 Å².